The first kappa shape index (κ1) is 11.8. The predicted octanol–water partition coefficient (Wildman–Crippen LogP) is 1.85. The SMILES string of the molecule is CCCCNC(=O)c1cnc(N)c(Cl)c1. The Bertz CT molecular complexity index is 355. The van der Waals surface area contributed by atoms with Gasteiger partial charge in [-0.1, -0.05) is 24.9 Å². The van der Waals surface area contributed by atoms with Crippen molar-refractivity contribution in [1.82, 2.24) is 10.3 Å². The van der Waals surface area contributed by atoms with E-state index < -0.39 is 0 Å². The molecule has 3 N–H and O–H groups in total. The lowest BCUT2D eigenvalue weighted by Gasteiger charge is -2.04. The van der Waals surface area contributed by atoms with Crippen LogP contribution >= 0.6 is 11.6 Å². The highest BCUT2D eigenvalue weighted by Crippen LogP contribution is 2.16. The summed E-state index contributed by atoms with van der Waals surface area (Å²) >= 11 is 5.75. The summed E-state index contributed by atoms with van der Waals surface area (Å²) < 4.78 is 0. The molecule has 0 bridgehead atoms. The molecule has 0 fully saturated rings. The maximum Gasteiger partial charge on any atom is 0.252 e. The molecule has 1 aromatic heterocycles. The van der Waals surface area contributed by atoms with Gasteiger partial charge in [-0.3, -0.25) is 4.79 Å². The lowest BCUT2D eigenvalue weighted by Crippen LogP contribution is -2.24. The van der Waals surface area contributed by atoms with Gasteiger partial charge in [-0.2, -0.15) is 0 Å². The first-order valence-corrected chi connectivity index (χ1v) is 5.22. The Hall–Kier alpha value is -1.29. The number of aromatic nitrogens is 1. The van der Waals surface area contributed by atoms with Crippen LogP contribution in [0.4, 0.5) is 5.82 Å². The van der Waals surface area contributed by atoms with Crippen LogP contribution < -0.4 is 11.1 Å². The highest BCUT2D eigenvalue weighted by atomic mass is 35.5. The molecule has 0 atom stereocenters. The standard InChI is InChI=1S/C10H14ClN3O/c1-2-3-4-13-10(15)7-5-8(11)9(12)14-6-7/h5-6H,2-4H2,1H3,(H2,12,14)(H,13,15). The largest absolute Gasteiger partial charge is 0.382 e. The molecule has 0 aromatic carbocycles. The van der Waals surface area contributed by atoms with Gasteiger partial charge < -0.3 is 11.1 Å². The van der Waals surface area contributed by atoms with Crippen molar-refractivity contribution in [1.29, 1.82) is 0 Å². The molecule has 0 aliphatic carbocycles. The maximum absolute atomic E-state index is 11.5. The van der Waals surface area contributed by atoms with Gasteiger partial charge in [0.2, 0.25) is 0 Å². The second-order valence-electron chi connectivity index (χ2n) is 3.20. The predicted molar refractivity (Wildman–Crippen MR) is 60.9 cm³/mol. The van der Waals surface area contributed by atoms with Crippen LogP contribution in [-0.2, 0) is 0 Å². The molecular weight excluding hydrogens is 214 g/mol. The second-order valence-corrected chi connectivity index (χ2v) is 3.61. The molecule has 0 saturated heterocycles. The van der Waals surface area contributed by atoms with E-state index in [0.717, 1.165) is 12.8 Å². The Morgan fingerprint density at radius 2 is 2.40 bits per heavy atom. The van der Waals surface area contributed by atoms with E-state index >= 15 is 0 Å². The summed E-state index contributed by atoms with van der Waals surface area (Å²) in [4.78, 5) is 15.3. The summed E-state index contributed by atoms with van der Waals surface area (Å²) in [5, 5.41) is 3.07. The van der Waals surface area contributed by atoms with Gasteiger partial charge >= 0.3 is 0 Å². The highest BCUT2D eigenvalue weighted by molar-refractivity contribution is 6.33. The van der Waals surface area contributed by atoms with Crippen molar-refractivity contribution < 1.29 is 4.79 Å². The van der Waals surface area contributed by atoms with Crippen molar-refractivity contribution in [2.75, 3.05) is 12.3 Å². The summed E-state index contributed by atoms with van der Waals surface area (Å²) in [7, 11) is 0. The number of halogens is 1. The van der Waals surface area contributed by atoms with E-state index in [1.54, 1.807) is 0 Å². The van der Waals surface area contributed by atoms with Gasteiger partial charge in [-0.25, -0.2) is 4.98 Å². The normalized spacial score (nSPS) is 10.0. The zero-order valence-corrected chi connectivity index (χ0v) is 9.34. The van der Waals surface area contributed by atoms with Crippen LogP contribution in [0.15, 0.2) is 12.3 Å². The third kappa shape index (κ3) is 3.40. The molecule has 0 saturated carbocycles. The van der Waals surface area contributed by atoms with E-state index in [1.165, 1.54) is 12.3 Å². The van der Waals surface area contributed by atoms with Crippen LogP contribution in [0.2, 0.25) is 5.02 Å². The molecule has 0 unspecified atom stereocenters. The minimum atomic E-state index is -0.169. The van der Waals surface area contributed by atoms with Gasteiger partial charge in [0.1, 0.15) is 5.82 Å². The molecule has 5 heteroatoms. The van der Waals surface area contributed by atoms with E-state index in [9.17, 15) is 4.79 Å². The monoisotopic (exact) mass is 227 g/mol. The van der Waals surface area contributed by atoms with Crippen LogP contribution in [0, 0.1) is 0 Å². The minimum absolute atomic E-state index is 0.169. The topological polar surface area (TPSA) is 68.0 Å². The molecule has 1 heterocycles. The number of pyridine rings is 1. The zero-order valence-electron chi connectivity index (χ0n) is 8.59. The summed E-state index contributed by atoms with van der Waals surface area (Å²) in [5.41, 5.74) is 5.87. The Labute approximate surface area is 93.8 Å². The Kier molecular flexibility index (Phi) is 4.37. The van der Waals surface area contributed by atoms with Gasteiger partial charge in [-0.05, 0) is 12.5 Å². The fraction of sp³-hybridized carbons (Fsp3) is 0.400. The number of carbonyl (C=O) groups excluding carboxylic acids is 1. The maximum atomic E-state index is 11.5. The molecule has 0 radical (unpaired) electrons. The highest BCUT2D eigenvalue weighted by Gasteiger charge is 2.07. The Balaban J connectivity index is 2.62. The number of nitrogen functional groups attached to an aromatic ring is 1. The average Bonchev–Trinajstić information content (AvgIpc) is 2.22. The molecule has 1 aromatic rings. The molecule has 4 nitrogen and oxygen atoms in total. The van der Waals surface area contributed by atoms with Gasteiger partial charge in [0.25, 0.3) is 5.91 Å². The smallest absolute Gasteiger partial charge is 0.252 e. The Morgan fingerprint density at radius 3 is 3.00 bits per heavy atom. The van der Waals surface area contributed by atoms with Gasteiger partial charge in [0, 0.05) is 12.7 Å². The molecule has 15 heavy (non-hydrogen) atoms. The number of nitrogens with zero attached hydrogens (tertiary/aromatic N) is 1. The van der Waals surface area contributed by atoms with Gasteiger partial charge in [-0.15, -0.1) is 0 Å². The minimum Gasteiger partial charge on any atom is -0.382 e. The molecule has 1 rings (SSSR count). The lowest BCUT2D eigenvalue weighted by atomic mass is 10.2. The van der Waals surface area contributed by atoms with Crippen molar-refractivity contribution in [3.8, 4) is 0 Å². The number of hydrogen-bond acceptors (Lipinski definition) is 3. The van der Waals surface area contributed by atoms with Crippen molar-refractivity contribution in [2.45, 2.75) is 19.8 Å². The number of nitrogens with two attached hydrogens (primary N) is 1. The van der Waals surface area contributed by atoms with Crippen LogP contribution in [0.25, 0.3) is 0 Å². The number of amides is 1. The molecular formula is C10H14ClN3O. The van der Waals surface area contributed by atoms with Crippen LogP contribution in [-0.4, -0.2) is 17.4 Å². The van der Waals surface area contributed by atoms with E-state index in [1.807, 2.05) is 0 Å². The fourth-order valence-electron chi connectivity index (χ4n) is 1.05. The molecule has 0 spiro atoms. The fourth-order valence-corrected chi connectivity index (χ4v) is 1.22. The summed E-state index contributed by atoms with van der Waals surface area (Å²) in [5.74, 6) is 0.0691. The third-order valence-electron chi connectivity index (χ3n) is 1.95. The number of unbranched alkanes of at least 4 members (excludes halogenated alkanes) is 1. The van der Waals surface area contributed by atoms with E-state index in [4.69, 9.17) is 17.3 Å². The van der Waals surface area contributed by atoms with Gasteiger partial charge in [0.15, 0.2) is 0 Å². The number of carbonyl (C=O) groups is 1. The quantitative estimate of drug-likeness (QED) is 0.772. The van der Waals surface area contributed by atoms with Crippen LogP contribution in [0.1, 0.15) is 30.1 Å². The first-order chi connectivity index (χ1) is 7.15. The summed E-state index contributed by atoms with van der Waals surface area (Å²) in [6.45, 7) is 2.73. The third-order valence-corrected chi connectivity index (χ3v) is 2.25. The van der Waals surface area contributed by atoms with Crippen LogP contribution in [0.5, 0.6) is 0 Å². The molecule has 0 aliphatic rings. The zero-order chi connectivity index (χ0) is 11.3. The number of nitrogens with one attached hydrogen (secondary N) is 1. The number of rotatable bonds is 4. The lowest BCUT2D eigenvalue weighted by molar-refractivity contribution is 0.0953. The molecule has 82 valence electrons. The second kappa shape index (κ2) is 5.56. The van der Waals surface area contributed by atoms with E-state index in [2.05, 4.69) is 17.2 Å². The van der Waals surface area contributed by atoms with Crippen molar-refractivity contribution >= 4 is 23.3 Å². The Morgan fingerprint density at radius 1 is 1.67 bits per heavy atom. The van der Waals surface area contributed by atoms with Crippen LogP contribution in [0.3, 0.4) is 0 Å². The summed E-state index contributed by atoms with van der Waals surface area (Å²) in [6.07, 6.45) is 3.42. The molecule has 1 amide bonds. The summed E-state index contributed by atoms with van der Waals surface area (Å²) in [6, 6.07) is 1.52. The van der Waals surface area contributed by atoms with E-state index in [0.29, 0.717) is 17.1 Å². The van der Waals surface area contributed by atoms with E-state index in [-0.39, 0.29) is 11.7 Å². The first-order valence-electron chi connectivity index (χ1n) is 4.84. The van der Waals surface area contributed by atoms with Crippen molar-refractivity contribution in [3.05, 3.63) is 22.8 Å². The van der Waals surface area contributed by atoms with Crippen molar-refractivity contribution in [3.63, 3.8) is 0 Å². The number of hydrogen-bond donors (Lipinski definition) is 2. The molecule has 0 aliphatic heterocycles. The number of anilines is 1. The average molecular weight is 228 g/mol. The van der Waals surface area contributed by atoms with Gasteiger partial charge in [0.05, 0.1) is 10.6 Å². The van der Waals surface area contributed by atoms with Crippen molar-refractivity contribution in [2.24, 2.45) is 0 Å².